The highest BCUT2D eigenvalue weighted by Gasteiger charge is 2.18. The summed E-state index contributed by atoms with van der Waals surface area (Å²) in [4.78, 5) is 12.6. The van der Waals surface area contributed by atoms with Crippen molar-refractivity contribution in [2.45, 2.75) is 18.4 Å². The normalized spacial score (nSPS) is 11.1. The summed E-state index contributed by atoms with van der Waals surface area (Å²) in [6.45, 7) is 2.25. The number of anilines is 1. The highest BCUT2D eigenvalue weighted by atomic mass is 35.5. The Kier molecular flexibility index (Phi) is 7.74. The Morgan fingerprint density at radius 2 is 1.78 bits per heavy atom. The van der Waals surface area contributed by atoms with Crippen LogP contribution in [-0.4, -0.2) is 28.0 Å². The maximum Gasteiger partial charge on any atom is 0.255 e. The van der Waals surface area contributed by atoms with Gasteiger partial charge in [-0.1, -0.05) is 29.8 Å². The minimum Gasteiger partial charge on any atom is -0.497 e. The van der Waals surface area contributed by atoms with Gasteiger partial charge in [-0.2, -0.15) is 0 Å². The van der Waals surface area contributed by atoms with E-state index in [0.717, 1.165) is 5.56 Å². The number of ether oxygens (including phenoxy) is 2. The minimum absolute atomic E-state index is 0.00383. The van der Waals surface area contributed by atoms with Crippen molar-refractivity contribution < 1.29 is 22.7 Å². The third-order valence-electron chi connectivity index (χ3n) is 4.52. The molecule has 9 heteroatoms. The fourth-order valence-corrected chi connectivity index (χ4v) is 4.12. The van der Waals surface area contributed by atoms with E-state index in [4.69, 9.17) is 21.1 Å². The van der Waals surface area contributed by atoms with Crippen LogP contribution in [0.2, 0.25) is 5.02 Å². The molecule has 0 bridgehead atoms. The largest absolute Gasteiger partial charge is 0.497 e. The van der Waals surface area contributed by atoms with Crippen LogP contribution in [0.25, 0.3) is 0 Å². The Bertz CT molecular complexity index is 1200. The van der Waals surface area contributed by atoms with Crippen molar-refractivity contribution in [3.8, 4) is 11.5 Å². The summed E-state index contributed by atoms with van der Waals surface area (Å²) in [7, 11) is -2.28. The van der Waals surface area contributed by atoms with E-state index in [-0.39, 0.29) is 17.1 Å². The van der Waals surface area contributed by atoms with E-state index in [9.17, 15) is 13.2 Å². The lowest BCUT2D eigenvalue weighted by Crippen LogP contribution is -2.23. The van der Waals surface area contributed by atoms with Crippen molar-refractivity contribution in [1.29, 1.82) is 0 Å². The lowest BCUT2D eigenvalue weighted by molar-refractivity contribution is 0.102. The first-order chi connectivity index (χ1) is 15.3. The summed E-state index contributed by atoms with van der Waals surface area (Å²) in [6, 6.07) is 17.8. The van der Waals surface area contributed by atoms with E-state index in [2.05, 4.69) is 10.0 Å². The zero-order valence-corrected chi connectivity index (χ0v) is 19.2. The summed E-state index contributed by atoms with van der Waals surface area (Å²) >= 11 is 5.96. The van der Waals surface area contributed by atoms with Gasteiger partial charge in [0.1, 0.15) is 11.5 Å². The maximum absolute atomic E-state index is 12.8. The van der Waals surface area contributed by atoms with E-state index in [1.807, 2.05) is 0 Å². The van der Waals surface area contributed by atoms with Crippen LogP contribution >= 0.6 is 11.6 Å². The average molecular weight is 475 g/mol. The van der Waals surface area contributed by atoms with Gasteiger partial charge in [0.25, 0.3) is 5.91 Å². The predicted molar refractivity (Wildman–Crippen MR) is 124 cm³/mol. The van der Waals surface area contributed by atoms with Crippen LogP contribution < -0.4 is 19.5 Å². The first-order valence-corrected chi connectivity index (χ1v) is 11.6. The molecule has 0 aliphatic heterocycles. The van der Waals surface area contributed by atoms with Gasteiger partial charge in [-0.05, 0) is 61.0 Å². The van der Waals surface area contributed by atoms with Crippen LogP contribution in [0.4, 0.5) is 5.69 Å². The molecule has 3 aromatic carbocycles. The van der Waals surface area contributed by atoms with Crippen LogP contribution in [0, 0.1) is 0 Å². The first kappa shape index (κ1) is 23.6. The number of carbonyl (C=O) groups excluding carboxylic acids is 1. The van der Waals surface area contributed by atoms with E-state index in [1.54, 1.807) is 56.5 Å². The molecule has 0 saturated heterocycles. The molecule has 2 N–H and O–H groups in total. The van der Waals surface area contributed by atoms with Gasteiger partial charge < -0.3 is 14.8 Å². The number of amides is 1. The molecular weight excluding hydrogens is 452 g/mol. The van der Waals surface area contributed by atoms with Crippen LogP contribution in [0.15, 0.2) is 71.6 Å². The first-order valence-electron chi connectivity index (χ1n) is 9.78. The van der Waals surface area contributed by atoms with Crippen LogP contribution in [0.3, 0.4) is 0 Å². The number of carbonyl (C=O) groups is 1. The molecule has 0 radical (unpaired) electrons. The lowest BCUT2D eigenvalue weighted by Gasteiger charge is -2.14. The fourth-order valence-electron chi connectivity index (χ4n) is 2.88. The van der Waals surface area contributed by atoms with Gasteiger partial charge >= 0.3 is 0 Å². The van der Waals surface area contributed by atoms with Gasteiger partial charge in [0.15, 0.2) is 0 Å². The molecular formula is C23H23ClN2O5S. The molecule has 0 unspecified atom stereocenters. The Morgan fingerprint density at radius 3 is 2.44 bits per heavy atom. The Hall–Kier alpha value is -3.07. The van der Waals surface area contributed by atoms with E-state index < -0.39 is 15.9 Å². The van der Waals surface area contributed by atoms with Crippen molar-refractivity contribution in [2.24, 2.45) is 0 Å². The molecule has 7 nitrogen and oxygen atoms in total. The Balaban J connectivity index is 1.82. The van der Waals surface area contributed by atoms with E-state index in [1.165, 1.54) is 24.3 Å². The highest BCUT2D eigenvalue weighted by Crippen LogP contribution is 2.29. The molecule has 0 aromatic heterocycles. The molecule has 3 aromatic rings. The molecule has 0 heterocycles. The van der Waals surface area contributed by atoms with Gasteiger partial charge in [0.2, 0.25) is 10.0 Å². The van der Waals surface area contributed by atoms with Crippen molar-refractivity contribution in [2.75, 3.05) is 19.0 Å². The van der Waals surface area contributed by atoms with Crippen LogP contribution in [-0.2, 0) is 16.6 Å². The molecule has 1 amide bonds. The molecule has 0 spiro atoms. The fraction of sp³-hybridized carbons (Fsp3) is 0.174. The van der Waals surface area contributed by atoms with Crippen LogP contribution in [0.5, 0.6) is 11.5 Å². The molecule has 32 heavy (non-hydrogen) atoms. The standard InChI is InChI=1S/C23H23ClN2O5S/c1-3-31-22-12-11-20(14-21(22)26-23(27)17-5-4-6-18(24)13-17)32(28,29)25-15-16-7-9-19(30-2)10-8-16/h4-14,25H,3,15H2,1-2H3,(H,26,27). The summed E-state index contributed by atoms with van der Waals surface area (Å²) in [5, 5.41) is 3.13. The quantitative estimate of drug-likeness (QED) is 0.477. The number of rotatable bonds is 9. The third kappa shape index (κ3) is 6.00. The number of hydrogen-bond acceptors (Lipinski definition) is 5. The smallest absolute Gasteiger partial charge is 0.255 e. The second-order valence-electron chi connectivity index (χ2n) is 6.73. The number of sulfonamides is 1. The topological polar surface area (TPSA) is 93.7 Å². The zero-order valence-electron chi connectivity index (χ0n) is 17.6. The molecule has 0 atom stereocenters. The lowest BCUT2D eigenvalue weighted by atomic mass is 10.2. The van der Waals surface area contributed by atoms with E-state index >= 15 is 0 Å². The van der Waals surface area contributed by atoms with E-state index in [0.29, 0.717) is 28.7 Å². The SMILES string of the molecule is CCOc1ccc(S(=O)(=O)NCc2ccc(OC)cc2)cc1NC(=O)c1cccc(Cl)c1. The van der Waals surface area contributed by atoms with Gasteiger partial charge in [-0.25, -0.2) is 13.1 Å². The molecule has 3 rings (SSSR count). The van der Waals surface area contributed by atoms with Crippen molar-refractivity contribution in [1.82, 2.24) is 4.72 Å². The van der Waals surface area contributed by atoms with Gasteiger partial charge in [0, 0.05) is 17.1 Å². The van der Waals surface area contributed by atoms with Gasteiger partial charge in [-0.3, -0.25) is 4.79 Å². The van der Waals surface area contributed by atoms with Gasteiger partial charge in [0.05, 0.1) is 24.3 Å². The number of nitrogens with one attached hydrogen (secondary N) is 2. The highest BCUT2D eigenvalue weighted by molar-refractivity contribution is 7.89. The number of methoxy groups -OCH3 is 1. The molecule has 0 saturated carbocycles. The number of benzene rings is 3. The zero-order chi connectivity index (χ0) is 23.1. The Labute approximate surface area is 192 Å². The second kappa shape index (κ2) is 10.5. The molecule has 0 aliphatic rings. The number of hydrogen-bond donors (Lipinski definition) is 2. The molecule has 168 valence electrons. The summed E-state index contributed by atoms with van der Waals surface area (Å²) in [5.74, 6) is 0.606. The predicted octanol–water partition coefficient (Wildman–Crippen LogP) is 4.48. The maximum atomic E-state index is 12.8. The average Bonchev–Trinajstić information content (AvgIpc) is 2.79. The number of halogens is 1. The van der Waals surface area contributed by atoms with Gasteiger partial charge in [-0.15, -0.1) is 0 Å². The minimum atomic E-state index is -3.84. The summed E-state index contributed by atoms with van der Waals surface area (Å²) < 4.78 is 38.9. The Morgan fingerprint density at radius 1 is 1.03 bits per heavy atom. The summed E-state index contributed by atoms with van der Waals surface area (Å²) in [5.41, 5.74) is 1.35. The molecule has 0 fully saturated rings. The van der Waals surface area contributed by atoms with Crippen molar-refractivity contribution in [3.05, 3.63) is 82.9 Å². The monoisotopic (exact) mass is 474 g/mol. The molecule has 0 aliphatic carbocycles. The van der Waals surface area contributed by atoms with Crippen molar-refractivity contribution in [3.63, 3.8) is 0 Å². The summed E-state index contributed by atoms with van der Waals surface area (Å²) in [6.07, 6.45) is 0. The van der Waals surface area contributed by atoms with Crippen molar-refractivity contribution >= 4 is 33.2 Å². The second-order valence-corrected chi connectivity index (χ2v) is 8.93. The third-order valence-corrected chi connectivity index (χ3v) is 6.16. The van der Waals surface area contributed by atoms with Crippen LogP contribution in [0.1, 0.15) is 22.8 Å².